The van der Waals surface area contributed by atoms with Gasteiger partial charge >= 0.3 is 5.97 Å². The summed E-state index contributed by atoms with van der Waals surface area (Å²) in [6.45, 7) is 0. The number of rotatable bonds is 3. The minimum atomic E-state index is -1.10. The SMILES string of the molecule is O=C(O)c1nc(-c2cccs2)oc1-c1cc(Br)c(Br)s1. The molecule has 20 heavy (non-hydrogen) atoms. The number of carboxylic acid groups (broad SMARTS) is 1. The molecular formula is C12H5Br2NO3S2. The zero-order chi connectivity index (χ0) is 14.3. The van der Waals surface area contributed by atoms with E-state index in [0.717, 1.165) is 13.1 Å². The maximum Gasteiger partial charge on any atom is 0.358 e. The second-order valence-corrected chi connectivity index (χ2v) is 7.88. The summed E-state index contributed by atoms with van der Waals surface area (Å²) in [4.78, 5) is 16.9. The molecule has 0 aliphatic rings. The van der Waals surface area contributed by atoms with Gasteiger partial charge in [-0.1, -0.05) is 6.07 Å². The van der Waals surface area contributed by atoms with E-state index >= 15 is 0 Å². The molecule has 0 unspecified atom stereocenters. The molecular weight excluding hydrogens is 430 g/mol. The third-order valence-electron chi connectivity index (χ3n) is 2.43. The standard InChI is InChI=1S/C12H5Br2NO3S2/c13-5-4-7(20-10(5)14)9-8(12(16)17)15-11(18-9)6-2-1-3-19-6/h1-4H,(H,16,17). The first-order valence-electron chi connectivity index (χ1n) is 5.29. The highest BCUT2D eigenvalue weighted by molar-refractivity contribution is 9.13. The molecule has 0 bridgehead atoms. The first-order valence-corrected chi connectivity index (χ1v) is 8.57. The lowest BCUT2D eigenvalue weighted by molar-refractivity contribution is 0.0691. The van der Waals surface area contributed by atoms with Crippen LogP contribution >= 0.6 is 54.5 Å². The van der Waals surface area contributed by atoms with Crippen molar-refractivity contribution in [3.63, 3.8) is 0 Å². The van der Waals surface area contributed by atoms with Crippen molar-refractivity contribution in [2.24, 2.45) is 0 Å². The average Bonchev–Trinajstić information content (AvgIpc) is 3.09. The highest BCUT2D eigenvalue weighted by Crippen LogP contribution is 2.41. The van der Waals surface area contributed by atoms with Crippen molar-refractivity contribution in [1.29, 1.82) is 0 Å². The van der Waals surface area contributed by atoms with Crippen LogP contribution in [0.5, 0.6) is 0 Å². The molecule has 0 spiro atoms. The smallest absolute Gasteiger partial charge is 0.358 e. The van der Waals surface area contributed by atoms with Crippen LogP contribution in [0.3, 0.4) is 0 Å². The average molecular weight is 435 g/mol. The number of aromatic carboxylic acids is 1. The Morgan fingerprint density at radius 3 is 2.70 bits per heavy atom. The summed E-state index contributed by atoms with van der Waals surface area (Å²) in [6, 6.07) is 5.51. The van der Waals surface area contributed by atoms with E-state index in [9.17, 15) is 9.90 Å². The number of thiophene rings is 2. The van der Waals surface area contributed by atoms with Crippen LogP contribution < -0.4 is 0 Å². The molecule has 0 fully saturated rings. The summed E-state index contributed by atoms with van der Waals surface area (Å²) in [5, 5.41) is 11.2. The van der Waals surface area contributed by atoms with Crippen LogP contribution in [-0.2, 0) is 0 Å². The minimum Gasteiger partial charge on any atom is -0.476 e. The number of hydrogen-bond donors (Lipinski definition) is 1. The van der Waals surface area contributed by atoms with Gasteiger partial charge in [0.15, 0.2) is 11.5 Å². The van der Waals surface area contributed by atoms with Gasteiger partial charge < -0.3 is 9.52 Å². The summed E-state index contributed by atoms with van der Waals surface area (Å²) in [6.07, 6.45) is 0. The van der Waals surface area contributed by atoms with Crippen molar-refractivity contribution in [3.8, 4) is 21.4 Å². The van der Waals surface area contributed by atoms with Gasteiger partial charge in [-0.3, -0.25) is 0 Å². The van der Waals surface area contributed by atoms with Crippen molar-refractivity contribution in [2.75, 3.05) is 0 Å². The van der Waals surface area contributed by atoms with E-state index in [2.05, 4.69) is 36.8 Å². The molecule has 1 N–H and O–H groups in total. The number of nitrogens with zero attached hydrogens (tertiary/aromatic N) is 1. The summed E-state index contributed by atoms with van der Waals surface area (Å²) in [5.41, 5.74) is -0.0744. The topological polar surface area (TPSA) is 63.3 Å². The second kappa shape index (κ2) is 5.44. The van der Waals surface area contributed by atoms with E-state index in [-0.39, 0.29) is 11.5 Å². The fourth-order valence-electron chi connectivity index (χ4n) is 1.60. The molecule has 0 saturated heterocycles. The summed E-state index contributed by atoms with van der Waals surface area (Å²) in [5.74, 6) is -0.502. The van der Waals surface area contributed by atoms with Crippen LogP contribution in [0.4, 0.5) is 0 Å². The van der Waals surface area contributed by atoms with Gasteiger partial charge in [0.2, 0.25) is 5.89 Å². The number of carboxylic acids is 1. The molecule has 4 nitrogen and oxygen atoms in total. The second-order valence-electron chi connectivity index (χ2n) is 3.71. The van der Waals surface area contributed by atoms with Crippen LogP contribution in [-0.4, -0.2) is 16.1 Å². The van der Waals surface area contributed by atoms with Gasteiger partial charge in [0, 0.05) is 4.47 Å². The Labute approximate surface area is 138 Å². The van der Waals surface area contributed by atoms with E-state index < -0.39 is 5.97 Å². The molecule has 0 aromatic carbocycles. The Hall–Kier alpha value is -0.960. The van der Waals surface area contributed by atoms with Crippen LogP contribution in [0.25, 0.3) is 21.4 Å². The third-order valence-corrected chi connectivity index (χ3v) is 6.54. The number of carbonyl (C=O) groups is 1. The number of halogens is 2. The lowest BCUT2D eigenvalue weighted by atomic mass is 10.3. The normalized spacial score (nSPS) is 10.9. The van der Waals surface area contributed by atoms with Gasteiger partial charge in [-0.25, -0.2) is 9.78 Å². The summed E-state index contributed by atoms with van der Waals surface area (Å²) < 4.78 is 7.39. The summed E-state index contributed by atoms with van der Waals surface area (Å²) in [7, 11) is 0. The van der Waals surface area contributed by atoms with Crippen LogP contribution in [0, 0.1) is 0 Å². The molecule has 0 radical (unpaired) electrons. The van der Waals surface area contributed by atoms with Crippen molar-refractivity contribution >= 4 is 60.5 Å². The molecule has 0 amide bonds. The highest BCUT2D eigenvalue weighted by Gasteiger charge is 2.24. The predicted octanol–water partition coefficient (Wildman–Crippen LogP) is 5.35. The Morgan fingerprint density at radius 2 is 2.15 bits per heavy atom. The van der Waals surface area contributed by atoms with Crippen LogP contribution in [0.1, 0.15) is 10.5 Å². The molecule has 102 valence electrons. The van der Waals surface area contributed by atoms with Crippen molar-refractivity contribution in [3.05, 3.63) is 37.5 Å². The maximum atomic E-state index is 11.3. The first-order chi connectivity index (χ1) is 9.56. The van der Waals surface area contributed by atoms with Crippen molar-refractivity contribution in [2.45, 2.75) is 0 Å². The molecule has 0 aliphatic heterocycles. The quantitative estimate of drug-likeness (QED) is 0.602. The zero-order valence-corrected chi connectivity index (χ0v) is 14.4. The van der Waals surface area contributed by atoms with E-state index in [1.807, 2.05) is 17.5 Å². The van der Waals surface area contributed by atoms with Crippen LogP contribution in [0.15, 0.2) is 36.3 Å². The monoisotopic (exact) mass is 433 g/mol. The van der Waals surface area contributed by atoms with E-state index in [1.165, 1.54) is 22.7 Å². The minimum absolute atomic E-state index is 0.0744. The van der Waals surface area contributed by atoms with Gasteiger partial charge in [-0.15, -0.1) is 22.7 Å². The number of aromatic nitrogens is 1. The van der Waals surface area contributed by atoms with Gasteiger partial charge in [-0.05, 0) is 49.4 Å². The first kappa shape index (κ1) is 14.0. The lowest BCUT2D eigenvalue weighted by Gasteiger charge is -1.91. The van der Waals surface area contributed by atoms with Gasteiger partial charge in [0.05, 0.1) is 13.5 Å². The molecule has 0 saturated carbocycles. The zero-order valence-electron chi connectivity index (χ0n) is 9.59. The highest BCUT2D eigenvalue weighted by atomic mass is 79.9. The third kappa shape index (κ3) is 2.48. The van der Waals surface area contributed by atoms with E-state index in [0.29, 0.717) is 10.8 Å². The van der Waals surface area contributed by atoms with Gasteiger partial charge in [-0.2, -0.15) is 0 Å². The molecule has 3 aromatic rings. The Kier molecular flexibility index (Phi) is 3.80. The number of oxazole rings is 1. The lowest BCUT2D eigenvalue weighted by Crippen LogP contribution is -1.98. The maximum absolute atomic E-state index is 11.3. The largest absolute Gasteiger partial charge is 0.476 e. The molecule has 0 aliphatic carbocycles. The fraction of sp³-hybridized carbons (Fsp3) is 0. The fourth-order valence-corrected chi connectivity index (χ4v) is 4.26. The molecule has 3 heterocycles. The van der Waals surface area contributed by atoms with Gasteiger partial charge in [0.1, 0.15) is 0 Å². The molecule has 3 rings (SSSR count). The Bertz CT molecular complexity index is 757. The van der Waals surface area contributed by atoms with Crippen molar-refractivity contribution < 1.29 is 14.3 Å². The molecule has 8 heteroatoms. The summed E-state index contributed by atoms with van der Waals surface area (Å²) >= 11 is 9.60. The number of hydrogen-bond acceptors (Lipinski definition) is 5. The van der Waals surface area contributed by atoms with E-state index in [1.54, 1.807) is 6.07 Å². The molecule has 3 aromatic heterocycles. The van der Waals surface area contributed by atoms with E-state index in [4.69, 9.17) is 4.42 Å². The Morgan fingerprint density at radius 1 is 1.35 bits per heavy atom. The predicted molar refractivity (Wildman–Crippen MR) is 85.5 cm³/mol. The van der Waals surface area contributed by atoms with Crippen molar-refractivity contribution in [1.82, 2.24) is 4.98 Å². The Balaban J connectivity index is 2.16. The van der Waals surface area contributed by atoms with Gasteiger partial charge in [0.25, 0.3) is 0 Å². The van der Waals surface area contributed by atoms with Crippen LogP contribution in [0.2, 0.25) is 0 Å². The molecule has 0 atom stereocenters.